The maximum Gasteiger partial charge on any atom is 0.278 e. The monoisotopic (exact) mass is 418 g/mol. The van der Waals surface area contributed by atoms with Gasteiger partial charge in [-0.15, -0.1) is 6.58 Å². The second-order valence-corrected chi connectivity index (χ2v) is 7.96. The van der Waals surface area contributed by atoms with Crippen LogP contribution in [0.4, 0.5) is 0 Å². The van der Waals surface area contributed by atoms with Crippen molar-refractivity contribution in [3.05, 3.63) is 84.1 Å². The smallest absolute Gasteiger partial charge is 0.278 e. The SMILES string of the molecule is C=CCN1C(=O)C(c2ccc(OCC(C)C)cc2)=C(N(CC)Cc2ccccc2)C1=O. The van der Waals surface area contributed by atoms with Gasteiger partial charge in [0, 0.05) is 19.6 Å². The maximum absolute atomic E-state index is 13.3. The molecule has 0 spiro atoms. The number of amides is 2. The Kier molecular flexibility index (Phi) is 7.29. The Morgan fingerprint density at radius 1 is 1.03 bits per heavy atom. The van der Waals surface area contributed by atoms with E-state index in [4.69, 9.17) is 4.74 Å². The fraction of sp³-hybridized carbons (Fsp3) is 0.308. The molecule has 0 saturated heterocycles. The second kappa shape index (κ2) is 10.1. The predicted octanol–water partition coefficient (Wildman–Crippen LogP) is 4.51. The van der Waals surface area contributed by atoms with Gasteiger partial charge in [-0.3, -0.25) is 14.5 Å². The number of nitrogens with zero attached hydrogens (tertiary/aromatic N) is 2. The Morgan fingerprint density at radius 2 is 1.71 bits per heavy atom. The number of likely N-dealkylation sites (N-methyl/N-ethyl adjacent to an activating group) is 1. The number of benzene rings is 2. The predicted molar refractivity (Wildman–Crippen MR) is 123 cm³/mol. The van der Waals surface area contributed by atoms with E-state index in [9.17, 15) is 9.59 Å². The van der Waals surface area contributed by atoms with Gasteiger partial charge in [-0.25, -0.2) is 0 Å². The minimum absolute atomic E-state index is 0.184. The lowest BCUT2D eigenvalue weighted by Gasteiger charge is -2.24. The number of imide groups is 1. The van der Waals surface area contributed by atoms with Gasteiger partial charge in [-0.2, -0.15) is 0 Å². The molecule has 0 unspecified atom stereocenters. The second-order valence-electron chi connectivity index (χ2n) is 7.96. The van der Waals surface area contributed by atoms with Gasteiger partial charge in [-0.05, 0) is 36.1 Å². The van der Waals surface area contributed by atoms with Crippen molar-refractivity contribution in [3.8, 4) is 5.75 Å². The Labute approximate surface area is 184 Å². The number of carbonyl (C=O) groups is 2. The summed E-state index contributed by atoms with van der Waals surface area (Å²) in [6.07, 6.45) is 1.58. The Morgan fingerprint density at radius 3 is 2.29 bits per heavy atom. The van der Waals surface area contributed by atoms with Gasteiger partial charge in [0.25, 0.3) is 11.8 Å². The van der Waals surface area contributed by atoms with Crippen molar-refractivity contribution >= 4 is 17.4 Å². The van der Waals surface area contributed by atoms with Crippen LogP contribution >= 0.6 is 0 Å². The van der Waals surface area contributed by atoms with Crippen LogP contribution < -0.4 is 4.74 Å². The third kappa shape index (κ3) is 5.05. The van der Waals surface area contributed by atoms with Crippen molar-refractivity contribution in [2.75, 3.05) is 19.7 Å². The summed E-state index contributed by atoms with van der Waals surface area (Å²) in [5, 5.41) is 0. The highest BCUT2D eigenvalue weighted by Gasteiger charge is 2.40. The van der Waals surface area contributed by atoms with E-state index in [-0.39, 0.29) is 18.4 Å². The van der Waals surface area contributed by atoms with Crippen molar-refractivity contribution in [2.45, 2.75) is 27.3 Å². The number of rotatable bonds is 10. The van der Waals surface area contributed by atoms with Gasteiger partial charge in [0.05, 0.1) is 12.2 Å². The molecule has 0 radical (unpaired) electrons. The molecule has 0 bridgehead atoms. The molecule has 5 nitrogen and oxygen atoms in total. The molecule has 2 aromatic rings. The first kappa shape index (κ1) is 22.3. The fourth-order valence-electron chi connectivity index (χ4n) is 3.55. The van der Waals surface area contributed by atoms with Gasteiger partial charge in [-0.1, -0.05) is 62.4 Å². The molecule has 0 saturated carbocycles. The van der Waals surface area contributed by atoms with Crippen LogP contribution in [0.1, 0.15) is 31.9 Å². The van der Waals surface area contributed by atoms with Crippen LogP contribution in [0.3, 0.4) is 0 Å². The van der Waals surface area contributed by atoms with E-state index in [2.05, 4.69) is 20.4 Å². The summed E-state index contributed by atoms with van der Waals surface area (Å²) in [6, 6.07) is 17.4. The quantitative estimate of drug-likeness (QED) is 0.421. The Bertz CT molecular complexity index is 962. The number of carbonyl (C=O) groups excluding carboxylic acids is 2. The van der Waals surface area contributed by atoms with E-state index in [0.717, 1.165) is 11.3 Å². The summed E-state index contributed by atoms with van der Waals surface area (Å²) in [5.74, 6) is 0.600. The fourth-order valence-corrected chi connectivity index (χ4v) is 3.55. The van der Waals surface area contributed by atoms with E-state index >= 15 is 0 Å². The van der Waals surface area contributed by atoms with Gasteiger partial charge in [0.2, 0.25) is 0 Å². The van der Waals surface area contributed by atoms with Crippen molar-refractivity contribution in [2.24, 2.45) is 5.92 Å². The molecule has 0 aliphatic carbocycles. The van der Waals surface area contributed by atoms with Gasteiger partial charge < -0.3 is 9.64 Å². The first-order chi connectivity index (χ1) is 15.0. The average molecular weight is 419 g/mol. The standard InChI is InChI=1S/C26H30N2O3/c1-5-16-28-25(29)23(21-12-14-22(15-13-21)31-18-19(3)4)24(26(28)30)27(6-2)17-20-10-8-7-9-11-20/h5,7-15,19H,1,6,16-18H2,2-4H3. The molecule has 0 N–H and O–H groups in total. The summed E-state index contributed by atoms with van der Waals surface area (Å²) in [6.45, 7) is 11.8. The Balaban J connectivity index is 1.99. The average Bonchev–Trinajstić information content (AvgIpc) is 3.02. The van der Waals surface area contributed by atoms with Crippen molar-refractivity contribution < 1.29 is 14.3 Å². The van der Waals surface area contributed by atoms with Crippen molar-refractivity contribution in [3.63, 3.8) is 0 Å². The van der Waals surface area contributed by atoms with Crippen LogP contribution in [-0.2, 0) is 16.1 Å². The molecular weight excluding hydrogens is 388 g/mol. The summed E-state index contributed by atoms with van der Waals surface area (Å²) in [4.78, 5) is 29.7. The van der Waals surface area contributed by atoms with Crippen LogP contribution in [0, 0.1) is 5.92 Å². The maximum atomic E-state index is 13.3. The van der Waals surface area contributed by atoms with E-state index in [1.807, 2.05) is 66.4 Å². The number of hydrogen-bond donors (Lipinski definition) is 0. The molecule has 0 atom stereocenters. The van der Waals surface area contributed by atoms with Crippen molar-refractivity contribution in [1.29, 1.82) is 0 Å². The summed E-state index contributed by atoms with van der Waals surface area (Å²) >= 11 is 0. The topological polar surface area (TPSA) is 49.9 Å². The zero-order valence-corrected chi connectivity index (χ0v) is 18.5. The van der Waals surface area contributed by atoms with E-state index in [1.54, 1.807) is 6.08 Å². The molecule has 31 heavy (non-hydrogen) atoms. The number of hydrogen-bond acceptors (Lipinski definition) is 4. The Hall–Kier alpha value is -3.34. The van der Waals surface area contributed by atoms with Gasteiger partial charge >= 0.3 is 0 Å². The molecule has 1 heterocycles. The highest BCUT2D eigenvalue weighted by atomic mass is 16.5. The lowest BCUT2D eigenvalue weighted by molar-refractivity contribution is -0.136. The summed E-state index contributed by atoms with van der Waals surface area (Å²) < 4.78 is 5.77. The van der Waals surface area contributed by atoms with Crippen LogP contribution in [0.5, 0.6) is 5.75 Å². The molecule has 2 amide bonds. The molecule has 1 aliphatic heterocycles. The highest BCUT2D eigenvalue weighted by molar-refractivity contribution is 6.35. The van der Waals surface area contributed by atoms with E-state index < -0.39 is 0 Å². The third-order valence-electron chi connectivity index (χ3n) is 5.10. The van der Waals surface area contributed by atoms with Crippen LogP contribution in [-0.4, -0.2) is 41.3 Å². The highest BCUT2D eigenvalue weighted by Crippen LogP contribution is 2.33. The first-order valence-corrected chi connectivity index (χ1v) is 10.7. The zero-order valence-electron chi connectivity index (χ0n) is 18.5. The summed E-state index contributed by atoms with van der Waals surface area (Å²) in [5.41, 5.74) is 2.66. The van der Waals surface area contributed by atoms with Gasteiger partial charge in [0.15, 0.2) is 0 Å². The van der Waals surface area contributed by atoms with E-state index in [1.165, 1.54) is 4.90 Å². The van der Waals surface area contributed by atoms with Gasteiger partial charge in [0.1, 0.15) is 11.4 Å². The lowest BCUT2D eigenvalue weighted by atomic mass is 10.0. The first-order valence-electron chi connectivity index (χ1n) is 10.7. The molecule has 0 fully saturated rings. The molecule has 0 aromatic heterocycles. The molecule has 5 heteroatoms. The zero-order chi connectivity index (χ0) is 22.4. The molecule has 162 valence electrons. The van der Waals surface area contributed by atoms with E-state index in [0.29, 0.717) is 42.4 Å². The largest absolute Gasteiger partial charge is 0.493 e. The number of ether oxygens (including phenoxy) is 1. The molecule has 2 aromatic carbocycles. The minimum atomic E-state index is -0.290. The van der Waals surface area contributed by atoms with Crippen LogP contribution in [0.15, 0.2) is 72.9 Å². The van der Waals surface area contributed by atoms with Crippen LogP contribution in [0.25, 0.3) is 5.57 Å². The van der Waals surface area contributed by atoms with Crippen molar-refractivity contribution in [1.82, 2.24) is 9.80 Å². The van der Waals surface area contributed by atoms with Crippen LogP contribution in [0.2, 0.25) is 0 Å². The summed E-state index contributed by atoms with van der Waals surface area (Å²) in [7, 11) is 0. The minimum Gasteiger partial charge on any atom is -0.493 e. The molecular formula is C26H30N2O3. The lowest BCUT2D eigenvalue weighted by Crippen LogP contribution is -2.35. The third-order valence-corrected chi connectivity index (χ3v) is 5.10. The molecule has 3 rings (SSSR count). The normalized spacial score (nSPS) is 13.9. The molecule has 1 aliphatic rings.